The van der Waals surface area contributed by atoms with E-state index < -0.39 is 0 Å². The Hall–Kier alpha value is -1.74. The van der Waals surface area contributed by atoms with Crippen molar-refractivity contribution in [3.05, 3.63) is 47.4 Å². The third-order valence-electron chi connectivity index (χ3n) is 2.42. The Bertz CT molecular complexity index is 654. The average molecular weight is 233 g/mol. The lowest BCUT2D eigenvalue weighted by Crippen LogP contribution is -1.82. The SMILES string of the molecule is Cc1ccc2nc(-c3ccc(Cl)o3)cn2c1. The first-order chi connectivity index (χ1) is 7.72. The van der Waals surface area contributed by atoms with Gasteiger partial charge in [0.15, 0.2) is 11.0 Å². The molecule has 0 aliphatic carbocycles. The minimum absolute atomic E-state index is 0.378. The molecule has 0 spiro atoms. The van der Waals surface area contributed by atoms with Crippen LogP contribution in [0.3, 0.4) is 0 Å². The maximum atomic E-state index is 5.73. The number of imidazole rings is 1. The molecule has 0 aromatic carbocycles. The first-order valence-corrected chi connectivity index (χ1v) is 5.31. The van der Waals surface area contributed by atoms with E-state index in [9.17, 15) is 0 Å². The molecule has 16 heavy (non-hydrogen) atoms. The minimum Gasteiger partial charge on any atom is -0.443 e. The van der Waals surface area contributed by atoms with Gasteiger partial charge in [0.25, 0.3) is 0 Å². The number of furan rings is 1. The van der Waals surface area contributed by atoms with Gasteiger partial charge in [0, 0.05) is 12.4 Å². The molecule has 0 aliphatic rings. The summed E-state index contributed by atoms with van der Waals surface area (Å²) in [6.07, 6.45) is 3.95. The van der Waals surface area contributed by atoms with E-state index in [0.717, 1.165) is 11.3 Å². The van der Waals surface area contributed by atoms with Crippen molar-refractivity contribution in [2.75, 3.05) is 0 Å². The number of rotatable bonds is 1. The Kier molecular flexibility index (Phi) is 2.01. The monoisotopic (exact) mass is 232 g/mol. The van der Waals surface area contributed by atoms with Crippen LogP contribution in [0.5, 0.6) is 0 Å². The molecule has 3 aromatic rings. The number of aryl methyl sites for hydroxylation is 1. The Morgan fingerprint density at radius 1 is 1.19 bits per heavy atom. The van der Waals surface area contributed by atoms with Gasteiger partial charge in [-0.1, -0.05) is 6.07 Å². The van der Waals surface area contributed by atoms with Gasteiger partial charge in [-0.15, -0.1) is 0 Å². The van der Waals surface area contributed by atoms with Gasteiger partial charge in [0.05, 0.1) is 0 Å². The Morgan fingerprint density at radius 3 is 2.81 bits per heavy atom. The predicted molar refractivity (Wildman–Crippen MR) is 62.6 cm³/mol. The molecule has 0 saturated heterocycles. The number of hydrogen-bond acceptors (Lipinski definition) is 2. The average Bonchev–Trinajstić information content (AvgIpc) is 2.83. The van der Waals surface area contributed by atoms with Crippen LogP contribution in [0.4, 0.5) is 0 Å². The molecular formula is C12H9ClN2O. The van der Waals surface area contributed by atoms with Crippen LogP contribution in [0.2, 0.25) is 5.22 Å². The fourth-order valence-electron chi connectivity index (χ4n) is 1.67. The molecule has 0 atom stereocenters. The number of hydrogen-bond donors (Lipinski definition) is 0. The lowest BCUT2D eigenvalue weighted by molar-refractivity contribution is 0.582. The zero-order chi connectivity index (χ0) is 11.1. The molecule has 0 fully saturated rings. The molecule has 0 unspecified atom stereocenters. The van der Waals surface area contributed by atoms with Crippen LogP contribution >= 0.6 is 11.6 Å². The standard InChI is InChI=1S/C12H9ClN2O/c1-8-2-5-12-14-9(7-15(12)6-8)10-3-4-11(13)16-10/h2-7H,1H3. The minimum atomic E-state index is 0.378. The van der Waals surface area contributed by atoms with Gasteiger partial charge in [-0.3, -0.25) is 0 Å². The second kappa shape index (κ2) is 3.39. The van der Waals surface area contributed by atoms with Gasteiger partial charge < -0.3 is 8.82 Å². The summed E-state index contributed by atoms with van der Waals surface area (Å²) in [5.74, 6) is 0.686. The van der Waals surface area contributed by atoms with Gasteiger partial charge in [0.2, 0.25) is 0 Å². The first kappa shape index (κ1) is 9.48. The van der Waals surface area contributed by atoms with Crippen LogP contribution in [-0.2, 0) is 0 Å². The highest BCUT2D eigenvalue weighted by molar-refractivity contribution is 6.28. The smallest absolute Gasteiger partial charge is 0.194 e. The van der Waals surface area contributed by atoms with Crippen LogP contribution in [0.15, 0.2) is 41.1 Å². The second-order valence-electron chi connectivity index (χ2n) is 3.70. The van der Waals surface area contributed by atoms with Crippen molar-refractivity contribution in [2.24, 2.45) is 0 Å². The van der Waals surface area contributed by atoms with Gasteiger partial charge in [-0.2, -0.15) is 0 Å². The predicted octanol–water partition coefficient (Wildman–Crippen LogP) is 3.56. The van der Waals surface area contributed by atoms with E-state index in [0.29, 0.717) is 11.0 Å². The lowest BCUT2D eigenvalue weighted by atomic mass is 10.3. The number of nitrogens with zero attached hydrogens (tertiary/aromatic N) is 2. The molecule has 80 valence electrons. The van der Waals surface area contributed by atoms with Crippen LogP contribution in [-0.4, -0.2) is 9.38 Å². The Morgan fingerprint density at radius 2 is 2.06 bits per heavy atom. The van der Waals surface area contributed by atoms with Crippen molar-refractivity contribution in [1.82, 2.24) is 9.38 Å². The van der Waals surface area contributed by atoms with Crippen LogP contribution in [0, 0.1) is 6.92 Å². The number of pyridine rings is 1. The van der Waals surface area contributed by atoms with E-state index in [1.165, 1.54) is 5.56 Å². The maximum Gasteiger partial charge on any atom is 0.194 e. The molecule has 3 rings (SSSR count). The number of aromatic nitrogens is 2. The van der Waals surface area contributed by atoms with E-state index in [2.05, 4.69) is 4.98 Å². The highest BCUT2D eigenvalue weighted by Crippen LogP contribution is 2.24. The van der Waals surface area contributed by atoms with Crippen molar-refractivity contribution in [2.45, 2.75) is 6.92 Å². The third kappa shape index (κ3) is 1.49. The third-order valence-corrected chi connectivity index (χ3v) is 2.63. The summed E-state index contributed by atoms with van der Waals surface area (Å²) >= 11 is 5.73. The molecule has 3 nitrogen and oxygen atoms in total. The molecule has 0 radical (unpaired) electrons. The zero-order valence-corrected chi connectivity index (χ0v) is 9.40. The largest absolute Gasteiger partial charge is 0.443 e. The van der Waals surface area contributed by atoms with Gasteiger partial charge >= 0.3 is 0 Å². The summed E-state index contributed by atoms with van der Waals surface area (Å²) in [5.41, 5.74) is 2.87. The Balaban J connectivity index is 2.18. The summed E-state index contributed by atoms with van der Waals surface area (Å²) in [7, 11) is 0. The normalized spacial score (nSPS) is 11.1. The van der Waals surface area contributed by atoms with Crippen molar-refractivity contribution in [1.29, 1.82) is 0 Å². The fraction of sp³-hybridized carbons (Fsp3) is 0.0833. The molecule has 0 amide bonds. The highest BCUT2D eigenvalue weighted by atomic mass is 35.5. The first-order valence-electron chi connectivity index (χ1n) is 4.93. The summed E-state index contributed by atoms with van der Waals surface area (Å²) in [6, 6.07) is 7.54. The highest BCUT2D eigenvalue weighted by Gasteiger charge is 2.08. The Labute approximate surface area is 97.3 Å². The van der Waals surface area contributed by atoms with Crippen LogP contribution < -0.4 is 0 Å². The van der Waals surface area contributed by atoms with Crippen molar-refractivity contribution >= 4 is 17.2 Å². The van der Waals surface area contributed by atoms with Crippen LogP contribution in [0.25, 0.3) is 17.1 Å². The summed E-state index contributed by atoms with van der Waals surface area (Å²) in [5, 5.41) is 0.378. The van der Waals surface area contributed by atoms with E-state index >= 15 is 0 Å². The maximum absolute atomic E-state index is 5.73. The molecule has 0 N–H and O–H groups in total. The van der Waals surface area contributed by atoms with E-state index in [1.54, 1.807) is 6.07 Å². The molecular weight excluding hydrogens is 224 g/mol. The van der Waals surface area contributed by atoms with Crippen molar-refractivity contribution in [3.63, 3.8) is 0 Å². The zero-order valence-electron chi connectivity index (χ0n) is 8.64. The molecule has 0 saturated carbocycles. The second-order valence-corrected chi connectivity index (χ2v) is 4.07. The van der Waals surface area contributed by atoms with Gasteiger partial charge in [-0.25, -0.2) is 4.98 Å². The molecule has 0 aliphatic heterocycles. The fourth-order valence-corrected chi connectivity index (χ4v) is 1.82. The number of halogens is 1. The van der Waals surface area contributed by atoms with E-state index in [1.807, 2.05) is 41.9 Å². The van der Waals surface area contributed by atoms with E-state index in [-0.39, 0.29) is 0 Å². The van der Waals surface area contributed by atoms with Gasteiger partial charge in [0.1, 0.15) is 11.3 Å². The molecule has 0 bridgehead atoms. The summed E-state index contributed by atoms with van der Waals surface area (Å²) in [4.78, 5) is 4.45. The number of fused-ring (bicyclic) bond motifs is 1. The molecule has 3 aromatic heterocycles. The van der Waals surface area contributed by atoms with Crippen molar-refractivity contribution < 1.29 is 4.42 Å². The van der Waals surface area contributed by atoms with Crippen molar-refractivity contribution in [3.8, 4) is 11.5 Å². The molecule has 4 heteroatoms. The summed E-state index contributed by atoms with van der Waals surface area (Å²) < 4.78 is 7.29. The van der Waals surface area contributed by atoms with Gasteiger partial charge in [-0.05, 0) is 42.3 Å². The molecule has 3 heterocycles. The lowest BCUT2D eigenvalue weighted by Gasteiger charge is -1.92. The quantitative estimate of drug-likeness (QED) is 0.642. The topological polar surface area (TPSA) is 30.4 Å². The van der Waals surface area contributed by atoms with Crippen LogP contribution in [0.1, 0.15) is 5.56 Å². The van der Waals surface area contributed by atoms with E-state index in [4.69, 9.17) is 16.0 Å². The summed E-state index contributed by atoms with van der Waals surface area (Å²) in [6.45, 7) is 2.04.